The normalized spacial score (nSPS) is 11.6. The molecule has 168 valence electrons. The molecule has 0 aliphatic rings. The maximum atomic E-state index is 12.5. The van der Waals surface area contributed by atoms with E-state index < -0.39 is 0 Å². The molecule has 7 nitrogen and oxygen atoms in total. The molecule has 1 heterocycles. The Morgan fingerprint density at radius 1 is 1.28 bits per heavy atom. The standard InChI is InChI=1S/C23H25ClN4O3S/c1-5-12-28-22(16(3)31-19-9-7-6-8-15(19)2)26-27-23(28)32-14-21(29)25-18-13-17(24)10-11-20(18)30-4/h5-11,13,16H,1,12,14H2,2-4H3,(H,25,29). The second-order valence-electron chi connectivity index (χ2n) is 6.95. The molecular formula is C23H25ClN4O3S. The van der Waals surface area contributed by atoms with Gasteiger partial charge in [0.15, 0.2) is 17.1 Å². The molecule has 0 saturated carbocycles. The van der Waals surface area contributed by atoms with Crippen molar-refractivity contribution in [2.24, 2.45) is 0 Å². The van der Waals surface area contributed by atoms with E-state index in [1.165, 1.54) is 18.9 Å². The number of nitrogens with zero attached hydrogens (tertiary/aromatic N) is 3. The number of nitrogens with one attached hydrogen (secondary N) is 1. The van der Waals surface area contributed by atoms with Crippen molar-refractivity contribution < 1.29 is 14.3 Å². The average molecular weight is 473 g/mol. The molecule has 0 radical (unpaired) electrons. The van der Waals surface area contributed by atoms with Gasteiger partial charge < -0.3 is 14.8 Å². The maximum absolute atomic E-state index is 12.5. The van der Waals surface area contributed by atoms with Crippen LogP contribution >= 0.6 is 23.4 Å². The van der Waals surface area contributed by atoms with E-state index in [4.69, 9.17) is 21.1 Å². The molecule has 2 aromatic carbocycles. The second-order valence-corrected chi connectivity index (χ2v) is 8.33. The minimum atomic E-state index is -0.331. The number of benzene rings is 2. The zero-order valence-electron chi connectivity index (χ0n) is 18.2. The highest BCUT2D eigenvalue weighted by molar-refractivity contribution is 7.99. The summed E-state index contributed by atoms with van der Waals surface area (Å²) in [4.78, 5) is 12.5. The Morgan fingerprint density at radius 2 is 2.06 bits per heavy atom. The number of aryl methyl sites for hydroxylation is 1. The monoisotopic (exact) mass is 472 g/mol. The minimum Gasteiger partial charge on any atom is -0.495 e. The van der Waals surface area contributed by atoms with Gasteiger partial charge in [-0.05, 0) is 43.7 Å². The Kier molecular flexibility index (Phi) is 8.19. The number of hydrogen-bond acceptors (Lipinski definition) is 6. The van der Waals surface area contributed by atoms with E-state index in [-0.39, 0.29) is 17.8 Å². The number of para-hydroxylation sites is 1. The van der Waals surface area contributed by atoms with Gasteiger partial charge in [0.2, 0.25) is 5.91 Å². The number of amides is 1. The lowest BCUT2D eigenvalue weighted by molar-refractivity contribution is -0.113. The first-order valence-electron chi connectivity index (χ1n) is 9.95. The third-order valence-corrected chi connectivity index (χ3v) is 5.79. The van der Waals surface area contributed by atoms with Crippen LogP contribution in [0.5, 0.6) is 11.5 Å². The second kappa shape index (κ2) is 11.1. The van der Waals surface area contributed by atoms with Crippen molar-refractivity contribution in [2.45, 2.75) is 31.7 Å². The molecule has 0 spiro atoms. The number of carbonyl (C=O) groups is 1. The van der Waals surface area contributed by atoms with Gasteiger partial charge in [0.25, 0.3) is 0 Å². The van der Waals surface area contributed by atoms with Crippen molar-refractivity contribution in [3.8, 4) is 11.5 Å². The van der Waals surface area contributed by atoms with E-state index >= 15 is 0 Å². The highest BCUT2D eigenvalue weighted by Gasteiger charge is 2.20. The lowest BCUT2D eigenvalue weighted by atomic mass is 10.2. The molecule has 1 amide bonds. The molecular weight excluding hydrogens is 448 g/mol. The fourth-order valence-electron chi connectivity index (χ4n) is 3.03. The molecule has 32 heavy (non-hydrogen) atoms. The molecule has 9 heteroatoms. The molecule has 0 fully saturated rings. The van der Waals surface area contributed by atoms with Gasteiger partial charge in [0.1, 0.15) is 11.5 Å². The molecule has 1 unspecified atom stereocenters. The number of thioether (sulfide) groups is 1. The zero-order chi connectivity index (χ0) is 23.1. The van der Waals surface area contributed by atoms with Crippen LogP contribution in [-0.4, -0.2) is 33.5 Å². The van der Waals surface area contributed by atoms with Crippen molar-refractivity contribution in [1.29, 1.82) is 0 Å². The molecule has 0 aliphatic heterocycles. The third kappa shape index (κ3) is 5.83. The first-order valence-corrected chi connectivity index (χ1v) is 11.3. The van der Waals surface area contributed by atoms with Crippen LogP contribution in [0.4, 0.5) is 5.69 Å². The minimum absolute atomic E-state index is 0.137. The number of halogens is 1. The molecule has 0 aliphatic carbocycles. The summed E-state index contributed by atoms with van der Waals surface area (Å²) in [6, 6.07) is 12.9. The quantitative estimate of drug-likeness (QED) is 0.318. The summed E-state index contributed by atoms with van der Waals surface area (Å²) < 4.78 is 13.3. The van der Waals surface area contributed by atoms with Crippen molar-refractivity contribution in [2.75, 3.05) is 18.2 Å². The van der Waals surface area contributed by atoms with Gasteiger partial charge in [-0.15, -0.1) is 16.8 Å². The summed E-state index contributed by atoms with van der Waals surface area (Å²) in [7, 11) is 1.53. The maximum Gasteiger partial charge on any atom is 0.234 e. The van der Waals surface area contributed by atoms with E-state index in [1.807, 2.05) is 42.7 Å². The SMILES string of the molecule is C=CCn1c(SCC(=O)Nc2cc(Cl)ccc2OC)nnc1C(C)Oc1ccccc1C. The topological polar surface area (TPSA) is 78.3 Å². The molecule has 3 rings (SSSR count). The Balaban J connectivity index is 1.70. The number of carbonyl (C=O) groups excluding carboxylic acids is 1. The highest BCUT2D eigenvalue weighted by Crippen LogP contribution is 2.29. The summed E-state index contributed by atoms with van der Waals surface area (Å²) in [6.07, 6.45) is 1.43. The molecule has 1 aromatic heterocycles. The molecule has 1 N–H and O–H groups in total. The van der Waals surface area contributed by atoms with Crippen LogP contribution in [0, 0.1) is 6.92 Å². The number of rotatable bonds is 10. The van der Waals surface area contributed by atoms with Crippen LogP contribution in [0.1, 0.15) is 24.4 Å². The Morgan fingerprint density at radius 3 is 2.78 bits per heavy atom. The highest BCUT2D eigenvalue weighted by atomic mass is 35.5. The number of aromatic nitrogens is 3. The fraction of sp³-hybridized carbons (Fsp3) is 0.261. The lowest BCUT2D eigenvalue weighted by Gasteiger charge is -2.17. The van der Waals surface area contributed by atoms with Crippen LogP contribution < -0.4 is 14.8 Å². The number of anilines is 1. The molecule has 0 bridgehead atoms. The van der Waals surface area contributed by atoms with Crippen molar-refractivity contribution in [3.63, 3.8) is 0 Å². The van der Waals surface area contributed by atoms with Crippen molar-refractivity contribution >= 4 is 35.0 Å². The smallest absolute Gasteiger partial charge is 0.234 e. The van der Waals surface area contributed by atoms with E-state index in [0.717, 1.165) is 11.3 Å². The lowest BCUT2D eigenvalue weighted by Crippen LogP contribution is -2.16. The van der Waals surface area contributed by atoms with Crippen LogP contribution in [0.25, 0.3) is 0 Å². The van der Waals surface area contributed by atoms with Crippen molar-refractivity contribution in [3.05, 3.63) is 71.5 Å². The van der Waals surface area contributed by atoms with Gasteiger partial charge in [-0.25, -0.2) is 0 Å². The molecule has 0 saturated heterocycles. The number of allylic oxidation sites excluding steroid dienone is 1. The third-order valence-electron chi connectivity index (χ3n) is 4.59. The summed E-state index contributed by atoms with van der Waals surface area (Å²) in [5.74, 6) is 1.91. The van der Waals surface area contributed by atoms with Gasteiger partial charge in [-0.1, -0.05) is 47.6 Å². The zero-order valence-corrected chi connectivity index (χ0v) is 19.7. The van der Waals surface area contributed by atoms with Crippen molar-refractivity contribution in [1.82, 2.24) is 14.8 Å². The number of hydrogen-bond donors (Lipinski definition) is 1. The summed E-state index contributed by atoms with van der Waals surface area (Å²) >= 11 is 7.31. The van der Waals surface area contributed by atoms with E-state index in [9.17, 15) is 4.79 Å². The molecule has 3 aromatic rings. The largest absolute Gasteiger partial charge is 0.495 e. The summed E-state index contributed by atoms with van der Waals surface area (Å²) in [5, 5.41) is 12.5. The number of ether oxygens (including phenoxy) is 2. The fourth-order valence-corrected chi connectivity index (χ4v) is 3.96. The van der Waals surface area contributed by atoms with Crippen LogP contribution in [0.3, 0.4) is 0 Å². The first kappa shape index (κ1) is 23.7. The Labute approximate surface area is 196 Å². The first-order chi connectivity index (χ1) is 15.4. The van der Waals surface area contributed by atoms with Gasteiger partial charge in [-0.2, -0.15) is 0 Å². The average Bonchev–Trinajstić information content (AvgIpc) is 3.17. The number of methoxy groups -OCH3 is 1. The van der Waals surface area contributed by atoms with Gasteiger partial charge in [-0.3, -0.25) is 9.36 Å². The van der Waals surface area contributed by atoms with Gasteiger partial charge >= 0.3 is 0 Å². The van der Waals surface area contributed by atoms with Gasteiger partial charge in [0.05, 0.1) is 18.6 Å². The predicted octanol–water partition coefficient (Wildman–Crippen LogP) is 5.31. The van der Waals surface area contributed by atoms with Crippen LogP contribution in [-0.2, 0) is 11.3 Å². The van der Waals surface area contributed by atoms with Crippen LogP contribution in [0.15, 0.2) is 60.3 Å². The van der Waals surface area contributed by atoms with Crippen LogP contribution in [0.2, 0.25) is 5.02 Å². The van der Waals surface area contributed by atoms with E-state index in [2.05, 4.69) is 22.1 Å². The molecule has 1 atom stereocenters. The summed E-state index contributed by atoms with van der Waals surface area (Å²) in [6.45, 7) is 8.23. The van der Waals surface area contributed by atoms with Gasteiger partial charge in [0, 0.05) is 11.6 Å². The van der Waals surface area contributed by atoms with E-state index in [0.29, 0.717) is 34.0 Å². The predicted molar refractivity (Wildman–Crippen MR) is 128 cm³/mol. The summed E-state index contributed by atoms with van der Waals surface area (Å²) in [5.41, 5.74) is 1.55. The Hall–Kier alpha value is -2.97. The Bertz CT molecular complexity index is 1100. The van der Waals surface area contributed by atoms with E-state index in [1.54, 1.807) is 24.3 Å².